The van der Waals surface area contributed by atoms with E-state index in [4.69, 9.17) is 14.6 Å². The fourth-order valence-electron chi connectivity index (χ4n) is 4.41. The van der Waals surface area contributed by atoms with Gasteiger partial charge in [-0.1, -0.05) is 54.6 Å². The Bertz CT molecular complexity index is 1230. The molecule has 208 valence electrons. The number of benzene rings is 2. The van der Waals surface area contributed by atoms with Crippen LogP contribution in [-0.2, 0) is 32.7 Å². The van der Waals surface area contributed by atoms with Crippen LogP contribution in [0.2, 0.25) is 0 Å². The first-order chi connectivity index (χ1) is 18.9. The van der Waals surface area contributed by atoms with E-state index in [0.29, 0.717) is 43.5 Å². The molecule has 3 aromatic rings. The number of nitrogens with one attached hydrogen (secondary N) is 1. The zero-order chi connectivity index (χ0) is 27.6. The van der Waals surface area contributed by atoms with Crippen molar-refractivity contribution in [2.75, 3.05) is 11.1 Å². The van der Waals surface area contributed by atoms with Gasteiger partial charge in [-0.25, -0.2) is 4.98 Å². The highest BCUT2D eigenvalue weighted by atomic mass is 32.2. The number of carboxylic acid groups (broad SMARTS) is 1. The quantitative estimate of drug-likeness (QED) is 0.194. The number of ether oxygens (including phenoxy) is 2. The molecule has 10 heteroatoms. The van der Waals surface area contributed by atoms with Crippen molar-refractivity contribution in [1.29, 1.82) is 0 Å². The monoisotopic (exact) mass is 553 g/mol. The maximum atomic E-state index is 12.4. The number of anilines is 1. The summed E-state index contributed by atoms with van der Waals surface area (Å²) in [6.45, 7) is -0.0126. The minimum absolute atomic E-state index is 0.0126. The van der Waals surface area contributed by atoms with Crippen LogP contribution in [0.4, 0.5) is 5.69 Å². The Morgan fingerprint density at radius 1 is 1.08 bits per heavy atom. The predicted molar refractivity (Wildman–Crippen MR) is 148 cm³/mol. The van der Waals surface area contributed by atoms with Crippen LogP contribution in [0.1, 0.15) is 67.6 Å². The molecule has 2 aromatic carbocycles. The third-order valence-electron chi connectivity index (χ3n) is 6.53. The number of aromatic nitrogens is 2. The summed E-state index contributed by atoms with van der Waals surface area (Å²) < 4.78 is 14.8. The number of nitrogens with zero attached hydrogens (tertiary/aromatic N) is 2. The van der Waals surface area contributed by atoms with Crippen molar-refractivity contribution < 1.29 is 29.3 Å². The Labute approximate surface area is 232 Å². The molecule has 1 saturated heterocycles. The summed E-state index contributed by atoms with van der Waals surface area (Å²) in [4.78, 5) is 27.5. The lowest BCUT2D eigenvalue weighted by Crippen LogP contribution is -2.31. The standard InChI is InChI=1S/C29H35N3O6S/c1-32-15-14-30-29(32)39-19-24-17-25(21-12-10-20(18-33)11-13-21)38-28(37-24)22-6-5-7-23(16-22)31-26(34)8-3-2-4-9-27(35)36/h5-7,10-16,24-25,28,33H,2-4,8-9,17-19H2,1H3,(H,31,34)(H,35,36)/t24-,25+,28+/m0/s1. The lowest BCUT2D eigenvalue weighted by molar-refractivity contribution is -0.245. The molecule has 1 aromatic heterocycles. The summed E-state index contributed by atoms with van der Waals surface area (Å²) >= 11 is 1.63. The fourth-order valence-corrected chi connectivity index (χ4v) is 5.36. The van der Waals surface area contributed by atoms with E-state index >= 15 is 0 Å². The Balaban J connectivity index is 1.43. The molecule has 0 unspecified atom stereocenters. The number of hydrogen-bond donors (Lipinski definition) is 3. The molecule has 0 saturated carbocycles. The highest BCUT2D eigenvalue weighted by molar-refractivity contribution is 7.99. The van der Waals surface area contributed by atoms with Crippen molar-refractivity contribution in [1.82, 2.24) is 9.55 Å². The number of rotatable bonds is 13. The molecule has 4 rings (SSSR count). The van der Waals surface area contributed by atoms with Crippen molar-refractivity contribution in [3.63, 3.8) is 0 Å². The lowest BCUT2D eigenvalue weighted by atomic mass is 10.0. The number of aliphatic hydroxyl groups is 1. The topological polar surface area (TPSA) is 123 Å². The van der Waals surface area contributed by atoms with Crippen LogP contribution in [0.25, 0.3) is 0 Å². The van der Waals surface area contributed by atoms with Gasteiger partial charge in [-0.05, 0) is 36.1 Å². The van der Waals surface area contributed by atoms with Crippen LogP contribution in [0, 0.1) is 0 Å². The molecule has 1 aliphatic rings. The number of carboxylic acids is 1. The number of amides is 1. The van der Waals surface area contributed by atoms with E-state index in [2.05, 4.69) is 10.3 Å². The van der Waals surface area contributed by atoms with Gasteiger partial charge < -0.3 is 29.6 Å². The molecule has 1 aliphatic heterocycles. The van der Waals surface area contributed by atoms with Gasteiger partial charge in [-0.3, -0.25) is 9.59 Å². The second kappa shape index (κ2) is 14.3. The van der Waals surface area contributed by atoms with E-state index in [0.717, 1.165) is 21.8 Å². The molecular weight excluding hydrogens is 518 g/mol. The lowest BCUT2D eigenvalue weighted by Gasteiger charge is -2.36. The fraction of sp³-hybridized carbons (Fsp3) is 0.414. The summed E-state index contributed by atoms with van der Waals surface area (Å²) in [5.41, 5.74) is 3.32. The SMILES string of the molecule is Cn1ccnc1SC[C@@H]1C[C@H](c2ccc(CO)cc2)O[C@H](c2cccc(NC(=O)CCCCCC(=O)O)c2)O1. The number of imidazole rings is 1. The average molecular weight is 554 g/mol. The number of carbonyl (C=O) groups is 2. The largest absolute Gasteiger partial charge is 0.481 e. The Morgan fingerprint density at radius 2 is 1.87 bits per heavy atom. The molecule has 0 spiro atoms. The summed E-state index contributed by atoms with van der Waals surface area (Å²) in [5.74, 6) is -0.224. The van der Waals surface area contributed by atoms with Crippen LogP contribution in [0.3, 0.4) is 0 Å². The molecular formula is C29H35N3O6S. The van der Waals surface area contributed by atoms with Crippen molar-refractivity contribution in [3.05, 3.63) is 77.6 Å². The number of carbonyl (C=O) groups excluding carboxylic acids is 1. The van der Waals surface area contributed by atoms with Crippen LogP contribution >= 0.6 is 11.8 Å². The van der Waals surface area contributed by atoms with E-state index < -0.39 is 12.3 Å². The molecule has 3 atom stereocenters. The Kier molecular flexibility index (Phi) is 10.5. The second-order valence-electron chi connectivity index (χ2n) is 9.61. The summed E-state index contributed by atoms with van der Waals surface area (Å²) in [5, 5.41) is 22.0. The van der Waals surface area contributed by atoms with E-state index in [-0.39, 0.29) is 31.1 Å². The van der Waals surface area contributed by atoms with E-state index in [1.54, 1.807) is 18.0 Å². The summed E-state index contributed by atoms with van der Waals surface area (Å²) in [6, 6.07) is 15.2. The first-order valence-electron chi connectivity index (χ1n) is 13.1. The minimum Gasteiger partial charge on any atom is -0.481 e. The van der Waals surface area contributed by atoms with Gasteiger partial charge in [-0.2, -0.15) is 0 Å². The number of aryl methyl sites for hydroxylation is 1. The van der Waals surface area contributed by atoms with Crippen molar-refractivity contribution in [3.8, 4) is 0 Å². The highest BCUT2D eigenvalue weighted by Gasteiger charge is 2.32. The Hall–Kier alpha value is -3.18. The molecule has 0 bridgehead atoms. The van der Waals surface area contributed by atoms with E-state index in [9.17, 15) is 14.7 Å². The first kappa shape index (κ1) is 28.8. The molecule has 0 aliphatic carbocycles. The second-order valence-corrected chi connectivity index (χ2v) is 10.6. The predicted octanol–water partition coefficient (Wildman–Crippen LogP) is 5.22. The van der Waals surface area contributed by atoms with Gasteiger partial charge in [0.2, 0.25) is 5.91 Å². The van der Waals surface area contributed by atoms with Crippen molar-refractivity contribution in [2.24, 2.45) is 7.05 Å². The van der Waals surface area contributed by atoms with Crippen LogP contribution < -0.4 is 5.32 Å². The molecule has 3 N–H and O–H groups in total. The van der Waals surface area contributed by atoms with Crippen molar-refractivity contribution in [2.45, 2.75) is 68.8 Å². The third-order valence-corrected chi connectivity index (χ3v) is 7.72. The van der Waals surface area contributed by atoms with Gasteiger partial charge >= 0.3 is 5.97 Å². The molecule has 9 nitrogen and oxygen atoms in total. The minimum atomic E-state index is -0.815. The average Bonchev–Trinajstić information content (AvgIpc) is 3.36. The normalized spacial score (nSPS) is 19.1. The zero-order valence-electron chi connectivity index (χ0n) is 22.0. The van der Waals surface area contributed by atoms with Crippen LogP contribution in [0.15, 0.2) is 66.1 Å². The van der Waals surface area contributed by atoms with Crippen LogP contribution in [0.5, 0.6) is 0 Å². The van der Waals surface area contributed by atoms with Gasteiger partial charge in [0.15, 0.2) is 11.4 Å². The van der Waals surface area contributed by atoms with Crippen LogP contribution in [-0.4, -0.2) is 43.5 Å². The smallest absolute Gasteiger partial charge is 0.303 e. The van der Waals surface area contributed by atoms with E-state index in [1.165, 1.54) is 0 Å². The molecule has 39 heavy (non-hydrogen) atoms. The van der Waals surface area contributed by atoms with Gasteiger partial charge in [-0.15, -0.1) is 0 Å². The first-order valence-corrected chi connectivity index (χ1v) is 14.1. The molecule has 2 heterocycles. The highest BCUT2D eigenvalue weighted by Crippen LogP contribution is 2.39. The molecule has 0 radical (unpaired) electrons. The zero-order valence-corrected chi connectivity index (χ0v) is 22.8. The summed E-state index contributed by atoms with van der Waals surface area (Å²) in [7, 11) is 1.96. The number of thioether (sulfide) groups is 1. The molecule has 1 amide bonds. The number of aliphatic hydroxyl groups excluding tert-OH is 1. The number of hydrogen-bond acceptors (Lipinski definition) is 7. The van der Waals surface area contributed by atoms with Gasteiger partial charge in [0, 0.05) is 55.7 Å². The van der Waals surface area contributed by atoms with Gasteiger partial charge in [0.05, 0.1) is 18.8 Å². The number of unbranched alkanes of at least 4 members (excludes halogenated alkanes) is 2. The van der Waals surface area contributed by atoms with Gasteiger partial charge in [0.25, 0.3) is 0 Å². The van der Waals surface area contributed by atoms with E-state index in [1.807, 2.05) is 66.3 Å². The maximum absolute atomic E-state index is 12.4. The third kappa shape index (κ3) is 8.66. The van der Waals surface area contributed by atoms with Crippen molar-refractivity contribution >= 4 is 29.3 Å². The molecule has 1 fully saturated rings. The Morgan fingerprint density at radius 3 is 2.59 bits per heavy atom. The maximum Gasteiger partial charge on any atom is 0.303 e. The number of aliphatic carboxylic acids is 1. The van der Waals surface area contributed by atoms with Gasteiger partial charge in [0.1, 0.15) is 0 Å². The summed E-state index contributed by atoms with van der Waals surface area (Å²) in [6.07, 6.45) is 5.79.